The first kappa shape index (κ1) is 11.5. The van der Waals surface area contributed by atoms with E-state index >= 15 is 0 Å². The standard InChI is InChI=1S/C15H19N3/c1-12-2-4-13(5-3-12)10-18-9-7-14(11-18)15-6-8-16-17-15/h2-6,8,14H,7,9-11H2,1H3,(H,16,17)/t14-/m1/s1. The highest BCUT2D eigenvalue weighted by Crippen LogP contribution is 2.26. The second kappa shape index (κ2) is 4.94. The molecule has 3 rings (SSSR count). The molecule has 0 amide bonds. The first-order chi connectivity index (χ1) is 8.81. The molecular formula is C15H19N3. The number of nitrogens with zero attached hydrogens (tertiary/aromatic N) is 2. The summed E-state index contributed by atoms with van der Waals surface area (Å²) in [5.74, 6) is 0.623. The van der Waals surface area contributed by atoms with Crippen LogP contribution in [0.25, 0.3) is 0 Å². The Kier molecular flexibility index (Phi) is 3.15. The third-order valence-corrected chi connectivity index (χ3v) is 3.76. The Hall–Kier alpha value is -1.61. The van der Waals surface area contributed by atoms with Crippen molar-refractivity contribution in [3.63, 3.8) is 0 Å². The van der Waals surface area contributed by atoms with Crippen LogP contribution >= 0.6 is 0 Å². The molecule has 2 aromatic rings. The summed E-state index contributed by atoms with van der Waals surface area (Å²) in [5.41, 5.74) is 4.02. The maximum atomic E-state index is 4.04. The Bertz CT molecular complexity index is 487. The number of H-pyrrole nitrogens is 1. The van der Waals surface area contributed by atoms with Crippen molar-refractivity contribution >= 4 is 0 Å². The number of aromatic amines is 1. The fourth-order valence-electron chi connectivity index (χ4n) is 2.68. The molecule has 1 aliphatic heterocycles. The van der Waals surface area contributed by atoms with Crippen LogP contribution in [-0.4, -0.2) is 28.2 Å². The quantitative estimate of drug-likeness (QED) is 0.896. The second-order valence-electron chi connectivity index (χ2n) is 5.22. The van der Waals surface area contributed by atoms with Gasteiger partial charge in [-0.1, -0.05) is 29.8 Å². The van der Waals surface area contributed by atoms with Crippen molar-refractivity contribution in [1.29, 1.82) is 0 Å². The van der Waals surface area contributed by atoms with Crippen molar-refractivity contribution in [2.45, 2.75) is 25.8 Å². The summed E-state index contributed by atoms with van der Waals surface area (Å²) in [6.45, 7) is 5.51. The molecule has 0 aliphatic carbocycles. The number of aromatic nitrogens is 2. The fraction of sp³-hybridized carbons (Fsp3) is 0.400. The highest BCUT2D eigenvalue weighted by atomic mass is 15.2. The van der Waals surface area contributed by atoms with Crippen molar-refractivity contribution < 1.29 is 0 Å². The molecule has 1 N–H and O–H groups in total. The van der Waals surface area contributed by atoms with E-state index in [9.17, 15) is 0 Å². The Balaban J connectivity index is 1.61. The van der Waals surface area contributed by atoms with Gasteiger partial charge in [-0.05, 0) is 31.5 Å². The first-order valence-corrected chi connectivity index (χ1v) is 6.58. The van der Waals surface area contributed by atoms with Crippen LogP contribution in [0.1, 0.15) is 29.2 Å². The van der Waals surface area contributed by atoms with Gasteiger partial charge in [-0.15, -0.1) is 0 Å². The van der Waals surface area contributed by atoms with Crippen LogP contribution in [0, 0.1) is 6.92 Å². The molecule has 0 radical (unpaired) electrons. The molecule has 3 heteroatoms. The van der Waals surface area contributed by atoms with Crippen LogP contribution in [-0.2, 0) is 6.54 Å². The average molecular weight is 241 g/mol. The van der Waals surface area contributed by atoms with Crippen LogP contribution in [0.15, 0.2) is 36.5 Å². The zero-order chi connectivity index (χ0) is 12.4. The van der Waals surface area contributed by atoms with E-state index in [2.05, 4.69) is 52.4 Å². The molecule has 0 bridgehead atoms. The second-order valence-corrected chi connectivity index (χ2v) is 5.22. The van der Waals surface area contributed by atoms with Crippen LogP contribution in [0.2, 0.25) is 0 Å². The number of benzene rings is 1. The molecule has 1 aromatic heterocycles. The van der Waals surface area contributed by atoms with Crippen LogP contribution < -0.4 is 0 Å². The van der Waals surface area contributed by atoms with Crippen LogP contribution in [0.4, 0.5) is 0 Å². The third kappa shape index (κ3) is 2.46. The van der Waals surface area contributed by atoms with Crippen molar-refractivity contribution in [2.24, 2.45) is 0 Å². The minimum absolute atomic E-state index is 0.623. The number of aryl methyl sites for hydroxylation is 1. The predicted octanol–water partition coefficient (Wildman–Crippen LogP) is 2.71. The number of rotatable bonds is 3. The molecule has 1 atom stereocenters. The maximum Gasteiger partial charge on any atom is 0.0490 e. The van der Waals surface area contributed by atoms with E-state index in [4.69, 9.17) is 0 Å². The smallest absolute Gasteiger partial charge is 0.0490 e. The van der Waals surface area contributed by atoms with Gasteiger partial charge >= 0.3 is 0 Å². The summed E-state index contributed by atoms with van der Waals surface area (Å²) in [4.78, 5) is 2.52. The minimum atomic E-state index is 0.623. The van der Waals surface area contributed by atoms with Gasteiger partial charge in [0, 0.05) is 30.9 Å². The van der Waals surface area contributed by atoms with Crippen molar-refractivity contribution in [3.8, 4) is 0 Å². The van der Waals surface area contributed by atoms with Crippen molar-refractivity contribution in [2.75, 3.05) is 13.1 Å². The van der Waals surface area contributed by atoms with Gasteiger partial charge in [0.2, 0.25) is 0 Å². The average Bonchev–Trinajstić information content (AvgIpc) is 3.02. The van der Waals surface area contributed by atoms with E-state index in [1.54, 1.807) is 0 Å². The Morgan fingerprint density at radius 3 is 2.83 bits per heavy atom. The molecule has 2 heterocycles. The van der Waals surface area contributed by atoms with Gasteiger partial charge < -0.3 is 0 Å². The highest BCUT2D eigenvalue weighted by Gasteiger charge is 2.24. The van der Waals surface area contributed by atoms with Crippen LogP contribution in [0.3, 0.4) is 0 Å². The third-order valence-electron chi connectivity index (χ3n) is 3.76. The monoisotopic (exact) mass is 241 g/mol. The lowest BCUT2D eigenvalue weighted by Crippen LogP contribution is -2.19. The van der Waals surface area contributed by atoms with Gasteiger partial charge in [0.05, 0.1) is 0 Å². The predicted molar refractivity (Wildman–Crippen MR) is 72.4 cm³/mol. The molecule has 18 heavy (non-hydrogen) atoms. The Labute approximate surface area is 108 Å². The lowest BCUT2D eigenvalue weighted by atomic mass is 10.1. The first-order valence-electron chi connectivity index (χ1n) is 6.58. The zero-order valence-corrected chi connectivity index (χ0v) is 10.8. The largest absolute Gasteiger partial charge is 0.298 e. The summed E-state index contributed by atoms with van der Waals surface area (Å²) in [7, 11) is 0. The molecule has 0 spiro atoms. The molecule has 0 saturated carbocycles. The lowest BCUT2D eigenvalue weighted by Gasteiger charge is -2.15. The highest BCUT2D eigenvalue weighted by molar-refractivity contribution is 5.21. The molecule has 1 saturated heterocycles. The number of hydrogen-bond donors (Lipinski definition) is 1. The molecule has 1 aromatic carbocycles. The SMILES string of the molecule is Cc1ccc(CN2CC[C@@H](c3ccn[nH]3)C2)cc1. The Morgan fingerprint density at radius 2 is 2.11 bits per heavy atom. The number of hydrogen-bond acceptors (Lipinski definition) is 2. The molecule has 94 valence electrons. The van der Waals surface area contributed by atoms with E-state index in [0.717, 1.165) is 13.1 Å². The summed E-state index contributed by atoms with van der Waals surface area (Å²) in [6, 6.07) is 11.0. The normalized spacial score (nSPS) is 20.4. The molecule has 1 aliphatic rings. The van der Waals surface area contributed by atoms with Gasteiger partial charge in [-0.25, -0.2) is 0 Å². The van der Waals surface area contributed by atoms with Gasteiger partial charge in [0.25, 0.3) is 0 Å². The van der Waals surface area contributed by atoms with Gasteiger partial charge in [-0.3, -0.25) is 10.00 Å². The molecule has 1 fully saturated rings. The zero-order valence-electron chi connectivity index (χ0n) is 10.8. The molecule has 0 unspecified atom stereocenters. The van der Waals surface area contributed by atoms with Gasteiger partial charge in [0.15, 0.2) is 0 Å². The number of nitrogens with one attached hydrogen (secondary N) is 1. The summed E-state index contributed by atoms with van der Waals surface area (Å²) >= 11 is 0. The molecular weight excluding hydrogens is 222 g/mol. The summed E-state index contributed by atoms with van der Waals surface area (Å²) in [5, 5.41) is 7.14. The Morgan fingerprint density at radius 1 is 1.28 bits per heavy atom. The van der Waals surface area contributed by atoms with E-state index in [1.807, 2.05) is 6.20 Å². The van der Waals surface area contributed by atoms with E-state index in [-0.39, 0.29) is 0 Å². The van der Waals surface area contributed by atoms with Gasteiger partial charge in [0.1, 0.15) is 0 Å². The fourth-order valence-corrected chi connectivity index (χ4v) is 2.68. The number of likely N-dealkylation sites (tertiary alicyclic amines) is 1. The molecule has 3 nitrogen and oxygen atoms in total. The lowest BCUT2D eigenvalue weighted by molar-refractivity contribution is 0.326. The van der Waals surface area contributed by atoms with Crippen molar-refractivity contribution in [1.82, 2.24) is 15.1 Å². The van der Waals surface area contributed by atoms with Crippen molar-refractivity contribution in [3.05, 3.63) is 53.3 Å². The summed E-state index contributed by atoms with van der Waals surface area (Å²) in [6.07, 6.45) is 3.08. The van der Waals surface area contributed by atoms with E-state index < -0.39 is 0 Å². The summed E-state index contributed by atoms with van der Waals surface area (Å²) < 4.78 is 0. The topological polar surface area (TPSA) is 31.9 Å². The maximum absolute atomic E-state index is 4.04. The van der Waals surface area contributed by atoms with Crippen LogP contribution in [0.5, 0.6) is 0 Å². The van der Waals surface area contributed by atoms with Gasteiger partial charge in [-0.2, -0.15) is 5.10 Å². The van der Waals surface area contributed by atoms with E-state index in [0.29, 0.717) is 5.92 Å². The minimum Gasteiger partial charge on any atom is -0.298 e. The van der Waals surface area contributed by atoms with E-state index in [1.165, 1.54) is 29.8 Å².